The molecule has 2 aliphatic rings. The summed E-state index contributed by atoms with van der Waals surface area (Å²) in [5.74, 6) is -2.84. The molecule has 69 heavy (non-hydrogen) atoms. The largest absolute Gasteiger partial charge is 0.377 e. The number of anilines is 3. The molecule has 360 valence electrons. The second kappa shape index (κ2) is 24.3. The van der Waals surface area contributed by atoms with Gasteiger partial charge in [-0.15, -0.1) is 0 Å². The SMILES string of the molecule is CCCC(C(=O)NC=O)N1Cc2c(NC(=O)COCCOCCOCCOCCNC(=O)c3ccc(Nc4ncc5c(n4)-c4ccc(Cl)cc4C(c4c(F)cccc4F)=NC5)cc3)cccc2C1=O. The summed E-state index contributed by atoms with van der Waals surface area (Å²) in [5.41, 5.74) is 4.54. The van der Waals surface area contributed by atoms with Gasteiger partial charge in [-0.25, -0.2) is 18.7 Å². The highest BCUT2D eigenvalue weighted by Gasteiger charge is 2.37. The molecule has 1 unspecified atom stereocenters. The van der Waals surface area contributed by atoms with E-state index in [2.05, 4.69) is 31.2 Å². The maximum absolute atomic E-state index is 14.9. The van der Waals surface area contributed by atoms with Crippen molar-refractivity contribution in [2.75, 3.05) is 70.0 Å². The van der Waals surface area contributed by atoms with Gasteiger partial charge in [0.15, 0.2) is 0 Å². The fraction of sp³-hybridized carbons (Fsp3) is 0.306. The van der Waals surface area contributed by atoms with Crippen LogP contribution in [0.2, 0.25) is 5.02 Å². The van der Waals surface area contributed by atoms with Gasteiger partial charge in [0.2, 0.25) is 24.2 Å². The number of aromatic nitrogens is 2. The van der Waals surface area contributed by atoms with E-state index in [1.54, 1.807) is 66.9 Å². The Morgan fingerprint density at radius 3 is 2.26 bits per heavy atom. The van der Waals surface area contributed by atoms with Gasteiger partial charge < -0.3 is 39.8 Å². The molecule has 7 rings (SSSR count). The second-order valence-electron chi connectivity index (χ2n) is 15.6. The number of aliphatic imine (C=N–C) groups is 1. The van der Waals surface area contributed by atoms with Crippen LogP contribution in [0.4, 0.5) is 26.1 Å². The van der Waals surface area contributed by atoms with E-state index >= 15 is 0 Å². The van der Waals surface area contributed by atoms with Gasteiger partial charge in [0, 0.05) is 69.1 Å². The van der Waals surface area contributed by atoms with Crippen LogP contribution in [0.1, 0.15) is 62.7 Å². The third-order valence-corrected chi connectivity index (χ3v) is 11.2. The minimum atomic E-state index is -0.817. The van der Waals surface area contributed by atoms with Crippen LogP contribution < -0.4 is 21.3 Å². The van der Waals surface area contributed by atoms with E-state index in [4.69, 9.17) is 35.5 Å². The molecule has 0 saturated carbocycles. The fourth-order valence-electron chi connectivity index (χ4n) is 7.69. The van der Waals surface area contributed by atoms with E-state index in [1.807, 2.05) is 6.92 Å². The highest BCUT2D eigenvalue weighted by molar-refractivity contribution is 6.31. The lowest BCUT2D eigenvalue weighted by Gasteiger charge is -2.25. The number of benzene rings is 4. The van der Waals surface area contributed by atoms with Crippen LogP contribution in [0.5, 0.6) is 0 Å². The number of rotatable bonds is 24. The maximum atomic E-state index is 14.9. The van der Waals surface area contributed by atoms with Crippen LogP contribution >= 0.6 is 11.6 Å². The van der Waals surface area contributed by atoms with Crippen molar-refractivity contribution >= 4 is 64.7 Å². The lowest BCUT2D eigenvalue weighted by molar-refractivity contribution is -0.129. The molecular formula is C49H49ClF2N8O9. The molecule has 17 nitrogen and oxygen atoms in total. The number of carbonyl (C=O) groups excluding carboxylic acids is 5. The van der Waals surface area contributed by atoms with Crippen LogP contribution in [-0.2, 0) is 46.4 Å². The molecule has 5 amide bonds. The molecule has 3 heterocycles. The summed E-state index contributed by atoms with van der Waals surface area (Å²) in [7, 11) is 0. The van der Waals surface area contributed by atoms with Gasteiger partial charge in [0.1, 0.15) is 24.3 Å². The Labute approximate surface area is 401 Å². The predicted molar refractivity (Wildman–Crippen MR) is 251 cm³/mol. The van der Waals surface area contributed by atoms with Crippen molar-refractivity contribution in [3.8, 4) is 11.3 Å². The number of nitrogens with one attached hydrogen (secondary N) is 4. The first-order valence-corrected chi connectivity index (χ1v) is 22.5. The zero-order valence-electron chi connectivity index (χ0n) is 37.5. The normalized spacial score (nSPS) is 13.1. The third-order valence-electron chi connectivity index (χ3n) is 11.0. The molecule has 5 aromatic rings. The maximum Gasteiger partial charge on any atom is 0.255 e. The molecule has 4 aromatic carbocycles. The lowest BCUT2D eigenvalue weighted by Crippen LogP contribution is -2.46. The zero-order chi connectivity index (χ0) is 48.7. The van der Waals surface area contributed by atoms with Crippen molar-refractivity contribution in [3.63, 3.8) is 0 Å². The van der Waals surface area contributed by atoms with Gasteiger partial charge in [-0.05, 0) is 67.1 Å². The van der Waals surface area contributed by atoms with E-state index < -0.39 is 29.5 Å². The summed E-state index contributed by atoms with van der Waals surface area (Å²) in [4.78, 5) is 77.0. The number of halogens is 3. The Hall–Kier alpha value is -7.03. The number of fused-ring (bicyclic) bond motifs is 4. The van der Waals surface area contributed by atoms with Gasteiger partial charge in [0.25, 0.3) is 11.8 Å². The topological polar surface area (TPSA) is 212 Å². The Morgan fingerprint density at radius 2 is 1.55 bits per heavy atom. The first kappa shape index (κ1) is 49.9. The van der Waals surface area contributed by atoms with Crippen molar-refractivity contribution in [2.45, 2.75) is 38.9 Å². The highest BCUT2D eigenvalue weighted by Crippen LogP contribution is 2.35. The van der Waals surface area contributed by atoms with Gasteiger partial charge >= 0.3 is 0 Å². The summed E-state index contributed by atoms with van der Waals surface area (Å²) >= 11 is 6.34. The molecule has 4 N–H and O–H groups in total. The summed E-state index contributed by atoms with van der Waals surface area (Å²) in [6.45, 7) is 4.01. The summed E-state index contributed by atoms with van der Waals surface area (Å²) in [5, 5.41) is 11.2. The molecular weight excluding hydrogens is 918 g/mol. The minimum absolute atomic E-state index is 0.0825. The van der Waals surface area contributed by atoms with E-state index in [-0.39, 0.29) is 75.1 Å². The molecule has 2 aliphatic heterocycles. The fourth-order valence-corrected chi connectivity index (χ4v) is 7.86. The third kappa shape index (κ3) is 12.7. The second-order valence-corrected chi connectivity index (χ2v) is 16.0. The van der Waals surface area contributed by atoms with Crippen molar-refractivity contribution in [2.24, 2.45) is 4.99 Å². The zero-order valence-corrected chi connectivity index (χ0v) is 38.3. The molecule has 1 atom stereocenters. The minimum Gasteiger partial charge on any atom is -0.377 e. The summed E-state index contributed by atoms with van der Waals surface area (Å²) < 4.78 is 51.9. The standard InChI is InChI=1S/C49H49ClF2N8O9/c1-2-5-41(47(64)56-29-61)60-27-37-35(48(60)65)6-3-9-40(37)58-42(62)28-69-23-22-68-21-20-67-19-18-66-17-16-53-46(63)30-10-13-33(14-11-30)57-49-55-26-31-25-54-45(43-38(51)7-4-8-39(43)52)36-24-32(50)12-15-34(36)44(31)59-49/h3-4,6-15,24,26,29,41H,2,5,16-23,25,27-28H2,1H3,(H,53,63)(H,58,62)(H,55,57,59)(H,56,61,64). The highest BCUT2D eigenvalue weighted by atomic mass is 35.5. The first-order chi connectivity index (χ1) is 33.6. The van der Waals surface area contributed by atoms with Gasteiger partial charge in [-0.2, -0.15) is 0 Å². The molecule has 0 saturated heterocycles. The summed E-state index contributed by atoms with van der Waals surface area (Å²) in [6.07, 6.45) is 2.90. The first-order valence-electron chi connectivity index (χ1n) is 22.1. The molecule has 1 aromatic heterocycles. The van der Waals surface area contributed by atoms with Crippen molar-refractivity contribution < 1.29 is 51.7 Å². The number of hydrogen-bond donors (Lipinski definition) is 4. The smallest absolute Gasteiger partial charge is 0.255 e. The number of nitrogens with zero attached hydrogens (tertiary/aromatic N) is 4. The predicted octanol–water partition coefficient (Wildman–Crippen LogP) is 6.00. The van der Waals surface area contributed by atoms with Gasteiger partial charge in [0.05, 0.1) is 69.8 Å². The monoisotopic (exact) mass is 966 g/mol. The number of amides is 5. The molecule has 0 fully saturated rings. The Morgan fingerprint density at radius 1 is 0.855 bits per heavy atom. The quantitative estimate of drug-likeness (QED) is 0.0415. The van der Waals surface area contributed by atoms with Crippen LogP contribution in [0.3, 0.4) is 0 Å². The van der Waals surface area contributed by atoms with E-state index in [9.17, 15) is 32.8 Å². The number of ether oxygens (including phenoxy) is 4. The number of hydrogen-bond acceptors (Lipinski definition) is 13. The average Bonchev–Trinajstić information content (AvgIpc) is 3.59. The molecule has 0 bridgehead atoms. The summed E-state index contributed by atoms with van der Waals surface area (Å²) in [6, 6.07) is 19.6. The number of imide groups is 1. The van der Waals surface area contributed by atoms with Crippen LogP contribution in [-0.4, -0.2) is 116 Å². The van der Waals surface area contributed by atoms with Gasteiger partial charge in [-0.1, -0.05) is 43.1 Å². The van der Waals surface area contributed by atoms with E-state index in [0.29, 0.717) is 101 Å². The molecule has 0 aliphatic carbocycles. The van der Waals surface area contributed by atoms with E-state index in [0.717, 1.165) is 0 Å². The number of carbonyl (C=O) groups is 5. The Balaban J connectivity index is 0.745. The van der Waals surface area contributed by atoms with Crippen molar-refractivity contribution in [1.29, 1.82) is 0 Å². The van der Waals surface area contributed by atoms with E-state index in [1.165, 1.54) is 23.1 Å². The lowest BCUT2D eigenvalue weighted by atomic mass is 9.95. The molecule has 0 radical (unpaired) electrons. The Bertz CT molecular complexity index is 2690. The molecule has 20 heteroatoms. The van der Waals surface area contributed by atoms with Crippen LogP contribution in [0.15, 0.2) is 90.1 Å². The van der Waals surface area contributed by atoms with Crippen molar-refractivity contribution in [3.05, 3.63) is 135 Å². The average molecular weight is 967 g/mol. The molecule has 0 spiro atoms. The van der Waals surface area contributed by atoms with Crippen LogP contribution in [0, 0.1) is 11.6 Å². The Kier molecular flexibility index (Phi) is 17.6. The van der Waals surface area contributed by atoms with Crippen LogP contribution in [0.25, 0.3) is 11.3 Å². The van der Waals surface area contributed by atoms with Crippen molar-refractivity contribution in [1.82, 2.24) is 25.5 Å². The van der Waals surface area contributed by atoms with Gasteiger partial charge in [-0.3, -0.25) is 34.3 Å².